The first-order chi connectivity index (χ1) is 20.8. The highest BCUT2D eigenvalue weighted by Gasteiger charge is 2.31. The van der Waals surface area contributed by atoms with Crippen LogP contribution >= 0.6 is 0 Å². The van der Waals surface area contributed by atoms with Gasteiger partial charge in [0.25, 0.3) is 0 Å². The predicted octanol–water partition coefficient (Wildman–Crippen LogP) is 5.47. The molecule has 0 radical (unpaired) electrons. The molecule has 228 valence electrons. The van der Waals surface area contributed by atoms with Gasteiger partial charge in [0.1, 0.15) is 12.4 Å². The molecule has 0 saturated carbocycles. The molecule has 1 N–H and O–H groups in total. The van der Waals surface area contributed by atoms with Crippen molar-refractivity contribution in [1.29, 1.82) is 0 Å². The van der Waals surface area contributed by atoms with Crippen LogP contribution in [-0.2, 0) is 17.5 Å². The van der Waals surface area contributed by atoms with E-state index in [0.717, 1.165) is 30.7 Å². The molecule has 0 bridgehead atoms. The molecule has 1 aliphatic heterocycles. The Bertz CT molecular complexity index is 1510. The van der Waals surface area contributed by atoms with Gasteiger partial charge in [0.2, 0.25) is 11.9 Å². The average molecular weight is 596 g/mol. The zero-order valence-corrected chi connectivity index (χ0v) is 24.3. The molecule has 2 aromatic heterocycles. The Morgan fingerprint density at radius 3 is 2.51 bits per heavy atom. The molecule has 0 spiro atoms. The number of alkyl halides is 3. The first-order valence-corrected chi connectivity index (χ1v) is 14.6. The number of imidazole rings is 1. The molecule has 12 heteroatoms. The fourth-order valence-electron chi connectivity index (χ4n) is 5.32. The van der Waals surface area contributed by atoms with Crippen LogP contribution in [0.25, 0.3) is 11.2 Å². The van der Waals surface area contributed by atoms with Gasteiger partial charge >= 0.3 is 6.18 Å². The lowest BCUT2D eigenvalue weighted by molar-refractivity contribution is -0.137. The highest BCUT2D eigenvalue weighted by Crippen LogP contribution is 2.30. The van der Waals surface area contributed by atoms with Gasteiger partial charge in [-0.2, -0.15) is 23.1 Å². The number of hydrogen-bond donors (Lipinski definition) is 1. The molecular weight excluding hydrogens is 559 g/mol. The number of fused-ring (bicyclic) bond motifs is 1. The largest absolute Gasteiger partial charge is 0.492 e. The van der Waals surface area contributed by atoms with Crippen molar-refractivity contribution in [2.24, 2.45) is 5.92 Å². The molecule has 4 aromatic rings. The second kappa shape index (κ2) is 13.3. The topological polar surface area (TPSA) is 88.4 Å². The summed E-state index contributed by atoms with van der Waals surface area (Å²) in [5.41, 5.74) is 1.08. The number of rotatable bonds is 11. The molecule has 9 nitrogen and oxygen atoms in total. The molecule has 1 fully saturated rings. The second-order valence-corrected chi connectivity index (χ2v) is 10.5. The number of nitrogens with one attached hydrogen (secondary N) is 1. The Hall–Kier alpha value is -4.35. The Balaban J connectivity index is 1.41. The summed E-state index contributed by atoms with van der Waals surface area (Å²) >= 11 is 0. The minimum absolute atomic E-state index is 0.138. The van der Waals surface area contributed by atoms with Crippen molar-refractivity contribution in [2.75, 3.05) is 49.5 Å². The summed E-state index contributed by atoms with van der Waals surface area (Å²) < 4.78 is 46.9. The SMILES string of the molecule is CCN(CC)C(=O)C1CCCN(c2nc(NCCOc3ccccc3)c3ncn(Cc4ccc(C(F)(F)F)cc4)c3n2)C1. The summed E-state index contributed by atoms with van der Waals surface area (Å²) in [6.45, 7) is 7.63. The van der Waals surface area contributed by atoms with Gasteiger partial charge in [-0.05, 0) is 56.5 Å². The fraction of sp³-hybridized carbons (Fsp3) is 0.419. The summed E-state index contributed by atoms with van der Waals surface area (Å²) in [6.07, 6.45) is -1.14. The van der Waals surface area contributed by atoms with Crippen molar-refractivity contribution in [1.82, 2.24) is 24.4 Å². The summed E-state index contributed by atoms with van der Waals surface area (Å²) in [6, 6.07) is 14.6. The molecule has 2 aromatic carbocycles. The third kappa shape index (κ3) is 7.18. The number of ether oxygens (including phenoxy) is 1. The fourth-order valence-corrected chi connectivity index (χ4v) is 5.32. The number of carbonyl (C=O) groups is 1. The van der Waals surface area contributed by atoms with Crippen LogP contribution in [0.3, 0.4) is 0 Å². The maximum absolute atomic E-state index is 13.2. The van der Waals surface area contributed by atoms with E-state index in [1.54, 1.807) is 10.9 Å². The molecule has 1 unspecified atom stereocenters. The van der Waals surface area contributed by atoms with E-state index in [1.165, 1.54) is 12.1 Å². The normalized spacial score (nSPS) is 15.5. The van der Waals surface area contributed by atoms with Crippen LogP contribution in [0, 0.1) is 5.92 Å². The number of piperidine rings is 1. The number of amides is 1. The molecule has 1 saturated heterocycles. The molecule has 1 amide bonds. The number of carbonyl (C=O) groups excluding carboxylic acids is 1. The van der Waals surface area contributed by atoms with Gasteiger partial charge in [0.05, 0.1) is 30.9 Å². The predicted molar refractivity (Wildman–Crippen MR) is 159 cm³/mol. The van der Waals surface area contributed by atoms with Crippen LogP contribution in [-0.4, -0.2) is 69.7 Å². The first-order valence-electron chi connectivity index (χ1n) is 14.6. The summed E-state index contributed by atoms with van der Waals surface area (Å²) in [4.78, 5) is 31.3. The van der Waals surface area contributed by atoms with E-state index >= 15 is 0 Å². The lowest BCUT2D eigenvalue weighted by Crippen LogP contribution is -2.45. The van der Waals surface area contributed by atoms with Gasteiger partial charge in [-0.1, -0.05) is 30.3 Å². The Morgan fingerprint density at radius 1 is 1.07 bits per heavy atom. The van der Waals surface area contributed by atoms with Crippen LogP contribution < -0.4 is 15.0 Å². The zero-order valence-electron chi connectivity index (χ0n) is 24.3. The number of halogens is 3. The van der Waals surface area contributed by atoms with Gasteiger partial charge in [-0.15, -0.1) is 0 Å². The molecular formula is C31H36F3N7O2. The quantitative estimate of drug-likeness (QED) is 0.230. The third-order valence-corrected chi connectivity index (χ3v) is 7.62. The zero-order chi connectivity index (χ0) is 30.4. The smallest absolute Gasteiger partial charge is 0.416 e. The third-order valence-electron chi connectivity index (χ3n) is 7.62. The number of benzene rings is 2. The van der Waals surface area contributed by atoms with E-state index < -0.39 is 11.7 Å². The highest BCUT2D eigenvalue weighted by molar-refractivity contribution is 5.85. The second-order valence-electron chi connectivity index (χ2n) is 10.5. The van der Waals surface area contributed by atoms with Crippen molar-refractivity contribution >= 4 is 28.8 Å². The van der Waals surface area contributed by atoms with Crippen LogP contribution in [0.2, 0.25) is 0 Å². The Labute approximate surface area is 248 Å². The number of aromatic nitrogens is 4. The lowest BCUT2D eigenvalue weighted by atomic mass is 9.96. The number of para-hydroxylation sites is 1. The standard InChI is InChI=1S/C31H36F3N7O2/c1-3-39(4-2)29(42)23-9-8-17-40(20-23)30-37-27(35-16-18-43-25-10-6-5-7-11-25)26-28(38-30)41(21-36-26)19-22-12-14-24(15-13-22)31(32,33)34/h5-7,10-15,21,23H,3-4,8-9,16-20H2,1-2H3,(H,35,37,38). The Kier molecular flexibility index (Phi) is 9.32. The van der Waals surface area contributed by atoms with Crippen LogP contribution in [0.15, 0.2) is 60.9 Å². The van der Waals surface area contributed by atoms with Gasteiger partial charge < -0.3 is 24.4 Å². The molecule has 1 aliphatic rings. The molecule has 5 rings (SSSR count). The van der Waals surface area contributed by atoms with Crippen molar-refractivity contribution < 1.29 is 22.7 Å². The highest BCUT2D eigenvalue weighted by atomic mass is 19.4. The molecule has 3 heterocycles. The van der Waals surface area contributed by atoms with Crippen LogP contribution in [0.1, 0.15) is 37.8 Å². The van der Waals surface area contributed by atoms with Crippen LogP contribution in [0.4, 0.5) is 24.9 Å². The number of nitrogens with zero attached hydrogens (tertiary/aromatic N) is 6. The average Bonchev–Trinajstić information content (AvgIpc) is 3.42. The van der Waals surface area contributed by atoms with E-state index in [1.807, 2.05) is 54.0 Å². The van der Waals surface area contributed by atoms with E-state index in [9.17, 15) is 18.0 Å². The summed E-state index contributed by atoms with van der Waals surface area (Å²) in [5, 5.41) is 3.33. The van der Waals surface area contributed by atoms with Gasteiger partial charge in [-0.3, -0.25) is 4.79 Å². The number of hydrogen-bond acceptors (Lipinski definition) is 7. The van der Waals surface area contributed by atoms with Gasteiger partial charge in [0, 0.05) is 26.2 Å². The van der Waals surface area contributed by atoms with Crippen molar-refractivity contribution in [3.8, 4) is 5.75 Å². The van der Waals surface area contributed by atoms with E-state index in [4.69, 9.17) is 14.7 Å². The summed E-state index contributed by atoms with van der Waals surface area (Å²) in [5.74, 6) is 1.75. The van der Waals surface area contributed by atoms with E-state index in [2.05, 4.69) is 10.3 Å². The maximum Gasteiger partial charge on any atom is 0.416 e. The lowest BCUT2D eigenvalue weighted by Gasteiger charge is -2.34. The summed E-state index contributed by atoms with van der Waals surface area (Å²) in [7, 11) is 0. The Morgan fingerprint density at radius 2 is 1.81 bits per heavy atom. The molecule has 0 aliphatic carbocycles. The minimum Gasteiger partial charge on any atom is -0.492 e. The van der Waals surface area contributed by atoms with E-state index in [0.29, 0.717) is 67.8 Å². The molecule has 43 heavy (non-hydrogen) atoms. The minimum atomic E-state index is -4.40. The molecule has 1 atom stereocenters. The van der Waals surface area contributed by atoms with Gasteiger partial charge in [0.15, 0.2) is 17.0 Å². The maximum atomic E-state index is 13.2. The first kappa shape index (κ1) is 30.1. The van der Waals surface area contributed by atoms with Crippen molar-refractivity contribution in [3.63, 3.8) is 0 Å². The van der Waals surface area contributed by atoms with Crippen molar-refractivity contribution in [2.45, 2.75) is 39.4 Å². The van der Waals surface area contributed by atoms with E-state index in [-0.39, 0.29) is 18.4 Å². The van der Waals surface area contributed by atoms with Gasteiger partial charge in [-0.25, -0.2) is 4.98 Å². The van der Waals surface area contributed by atoms with Crippen molar-refractivity contribution in [3.05, 3.63) is 72.1 Å². The monoisotopic (exact) mass is 595 g/mol. The van der Waals surface area contributed by atoms with Crippen LogP contribution in [0.5, 0.6) is 5.75 Å². The number of anilines is 2.